The molecule has 0 saturated carbocycles. The van der Waals surface area contributed by atoms with Gasteiger partial charge in [-0.15, -0.1) is 0 Å². The van der Waals surface area contributed by atoms with Gasteiger partial charge in [0.15, 0.2) is 17.0 Å². The Morgan fingerprint density at radius 2 is 2.00 bits per heavy atom. The Balaban J connectivity index is 3.28. The molecule has 1 aliphatic rings. The average molecular weight is 242 g/mol. The molecule has 0 aromatic carbocycles. The van der Waals surface area contributed by atoms with Gasteiger partial charge in [-0.3, -0.25) is 24.5 Å². The van der Waals surface area contributed by atoms with Crippen LogP contribution in [0.15, 0.2) is 24.3 Å². The van der Waals surface area contributed by atoms with E-state index in [0.717, 1.165) is 17.7 Å². The normalized spacial score (nSPS) is 24.6. The van der Waals surface area contributed by atoms with E-state index in [4.69, 9.17) is 11.6 Å². The van der Waals surface area contributed by atoms with E-state index < -0.39 is 35.2 Å². The summed E-state index contributed by atoms with van der Waals surface area (Å²) in [6.07, 6.45) is 1.22. The van der Waals surface area contributed by atoms with E-state index in [1.165, 1.54) is 0 Å². The van der Waals surface area contributed by atoms with E-state index >= 15 is 0 Å². The smallest absolute Gasteiger partial charge is 0.249 e. The van der Waals surface area contributed by atoms with Crippen LogP contribution in [0.4, 0.5) is 0 Å². The summed E-state index contributed by atoms with van der Waals surface area (Å²) in [6.45, 7) is 3.20. The highest BCUT2D eigenvalue weighted by Gasteiger charge is 2.56. The fourth-order valence-electron chi connectivity index (χ4n) is 1.49. The lowest BCUT2D eigenvalue weighted by molar-refractivity contribution is -0.143. The summed E-state index contributed by atoms with van der Waals surface area (Å²) in [5.41, 5.74) is -1.14. The molecule has 5 nitrogen and oxygen atoms in total. The number of carbonyl (C=O) groups excluding carboxylic acids is 4. The molecule has 0 bridgehead atoms. The largest absolute Gasteiger partial charge is 0.295 e. The first-order chi connectivity index (χ1) is 7.48. The van der Waals surface area contributed by atoms with Gasteiger partial charge in [0.05, 0.1) is 6.42 Å². The first-order valence-electron chi connectivity index (χ1n) is 4.31. The van der Waals surface area contributed by atoms with Crippen molar-refractivity contribution in [3.05, 3.63) is 24.3 Å². The van der Waals surface area contributed by atoms with Crippen LogP contribution in [-0.2, 0) is 19.2 Å². The molecule has 16 heavy (non-hydrogen) atoms. The second kappa shape index (κ2) is 4.40. The third-order valence-corrected chi connectivity index (χ3v) is 2.43. The Hall–Kier alpha value is -1.75. The lowest BCUT2D eigenvalue weighted by Crippen LogP contribution is -2.44. The van der Waals surface area contributed by atoms with Crippen LogP contribution in [0, 0.1) is 5.41 Å². The summed E-state index contributed by atoms with van der Waals surface area (Å²) in [7, 11) is 0. The van der Waals surface area contributed by atoms with Gasteiger partial charge in [0.1, 0.15) is 0 Å². The molecular weight excluding hydrogens is 234 g/mol. The maximum absolute atomic E-state index is 11.7. The van der Waals surface area contributed by atoms with Gasteiger partial charge in [-0.1, -0.05) is 18.2 Å². The van der Waals surface area contributed by atoms with Crippen LogP contribution in [0.2, 0.25) is 0 Å². The molecule has 1 fully saturated rings. The first-order valence-corrected chi connectivity index (χ1v) is 4.75. The first kappa shape index (κ1) is 12.3. The minimum absolute atomic E-state index is 0.503. The monoisotopic (exact) mass is 241 g/mol. The summed E-state index contributed by atoms with van der Waals surface area (Å²) >= 11 is 5.21. The molecule has 84 valence electrons. The lowest BCUT2D eigenvalue weighted by Gasteiger charge is -2.17. The predicted octanol–water partition coefficient (Wildman–Crippen LogP) is 0.0960. The van der Waals surface area contributed by atoms with Gasteiger partial charge in [-0.05, 0) is 12.2 Å². The SMILES string of the molecule is C=CC(=O)C1(C(=O)C=CCl)CC(=O)NC1=O. The molecule has 0 aliphatic carbocycles. The molecule has 1 N–H and O–H groups in total. The maximum atomic E-state index is 11.7. The Morgan fingerprint density at radius 1 is 1.38 bits per heavy atom. The van der Waals surface area contributed by atoms with Crippen molar-refractivity contribution >= 4 is 35.0 Å². The van der Waals surface area contributed by atoms with E-state index in [2.05, 4.69) is 6.58 Å². The number of nitrogens with one attached hydrogen (secondary N) is 1. The van der Waals surface area contributed by atoms with Crippen molar-refractivity contribution < 1.29 is 19.2 Å². The summed E-state index contributed by atoms with van der Waals surface area (Å²) in [6, 6.07) is 0. The van der Waals surface area contributed by atoms with E-state index in [1.54, 1.807) is 0 Å². The van der Waals surface area contributed by atoms with Crippen molar-refractivity contribution in [1.29, 1.82) is 0 Å². The van der Waals surface area contributed by atoms with E-state index in [1.807, 2.05) is 5.32 Å². The Labute approximate surface area is 96.1 Å². The summed E-state index contributed by atoms with van der Waals surface area (Å²) < 4.78 is 0. The molecule has 1 saturated heterocycles. The number of halogens is 1. The third kappa shape index (κ3) is 1.69. The van der Waals surface area contributed by atoms with Crippen LogP contribution in [0.1, 0.15) is 6.42 Å². The summed E-state index contributed by atoms with van der Waals surface area (Å²) in [5, 5.41) is 1.92. The number of carbonyl (C=O) groups is 4. The van der Waals surface area contributed by atoms with E-state index in [0.29, 0.717) is 0 Å². The fraction of sp³-hybridized carbons (Fsp3) is 0.200. The molecule has 1 aliphatic heterocycles. The van der Waals surface area contributed by atoms with Gasteiger partial charge >= 0.3 is 0 Å². The predicted molar refractivity (Wildman–Crippen MR) is 55.4 cm³/mol. The topological polar surface area (TPSA) is 80.3 Å². The summed E-state index contributed by atoms with van der Waals surface area (Å²) in [5.74, 6) is -3.23. The van der Waals surface area contributed by atoms with Gasteiger partial charge in [-0.2, -0.15) is 0 Å². The van der Waals surface area contributed by atoms with Crippen molar-refractivity contribution in [2.75, 3.05) is 0 Å². The zero-order chi connectivity index (χ0) is 12.3. The average Bonchev–Trinajstić information content (AvgIpc) is 2.54. The highest BCUT2D eigenvalue weighted by Crippen LogP contribution is 2.31. The quantitative estimate of drug-likeness (QED) is 0.430. The minimum Gasteiger partial charge on any atom is -0.295 e. The molecule has 0 aromatic heterocycles. The highest BCUT2D eigenvalue weighted by molar-refractivity contribution is 6.36. The molecule has 6 heteroatoms. The van der Waals surface area contributed by atoms with Crippen molar-refractivity contribution in [2.45, 2.75) is 6.42 Å². The van der Waals surface area contributed by atoms with Crippen LogP contribution < -0.4 is 5.32 Å². The number of ketones is 2. The molecule has 1 atom stereocenters. The van der Waals surface area contributed by atoms with Gasteiger partial charge in [-0.25, -0.2) is 0 Å². The van der Waals surface area contributed by atoms with Gasteiger partial charge in [0.2, 0.25) is 11.8 Å². The summed E-state index contributed by atoms with van der Waals surface area (Å²) in [4.78, 5) is 45.8. The molecule has 0 aromatic rings. The van der Waals surface area contributed by atoms with Crippen LogP contribution in [0.25, 0.3) is 0 Å². The number of allylic oxidation sites excluding steroid dienone is 2. The van der Waals surface area contributed by atoms with Crippen LogP contribution in [-0.4, -0.2) is 23.4 Å². The number of hydrogen-bond acceptors (Lipinski definition) is 4. The molecule has 0 radical (unpaired) electrons. The van der Waals surface area contributed by atoms with Crippen molar-refractivity contribution in [1.82, 2.24) is 5.32 Å². The number of amides is 2. The van der Waals surface area contributed by atoms with Crippen molar-refractivity contribution in [3.63, 3.8) is 0 Å². The fourth-order valence-corrected chi connectivity index (χ4v) is 1.61. The zero-order valence-electron chi connectivity index (χ0n) is 8.16. The second-order valence-electron chi connectivity index (χ2n) is 3.18. The maximum Gasteiger partial charge on any atom is 0.249 e. The van der Waals surface area contributed by atoms with Gasteiger partial charge in [0, 0.05) is 5.54 Å². The molecule has 1 unspecified atom stereocenters. The van der Waals surface area contributed by atoms with E-state index in [9.17, 15) is 19.2 Å². The Morgan fingerprint density at radius 3 is 2.38 bits per heavy atom. The molecule has 1 rings (SSSR count). The molecule has 1 heterocycles. The van der Waals surface area contributed by atoms with Crippen molar-refractivity contribution in [2.24, 2.45) is 5.41 Å². The van der Waals surface area contributed by atoms with Gasteiger partial charge in [0.25, 0.3) is 0 Å². The van der Waals surface area contributed by atoms with Crippen LogP contribution in [0.5, 0.6) is 0 Å². The molecular formula is C10H8ClNO4. The van der Waals surface area contributed by atoms with Crippen LogP contribution in [0.3, 0.4) is 0 Å². The number of hydrogen-bond donors (Lipinski definition) is 1. The second-order valence-corrected chi connectivity index (χ2v) is 3.44. The molecule has 0 spiro atoms. The number of imide groups is 1. The minimum atomic E-state index is -2.02. The van der Waals surface area contributed by atoms with Crippen molar-refractivity contribution in [3.8, 4) is 0 Å². The molecule has 2 amide bonds. The number of rotatable bonds is 4. The highest BCUT2D eigenvalue weighted by atomic mass is 35.5. The zero-order valence-corrected chi connectivity index (χ0v) is 8.91. The van der Waals surface area contributed by atoms with Gasteiger partial charge < -0.3 is 0 Å². The Bertz CT molecular complexity index is 427. The standard InChI is InChI=1S/C10H8ClNO4/c1-2-6(13)10(7(14)3-4-11)5-8(15)12-9(10)16/h2-4H,1,5H2,(H,12,15,16). The van der Waals surface area contributed by atoms with Crippen LogP contribution >= 0.6 is 11.6 Å². The van der Waals surface area contributed by atoms with E-state index in [-0.39, 0.29) is 0 Å². The lowest BCUT2D eigenvalue weighted by atomic mass is 9.77. The third-order valence-electron chi connectivity index (χ3n) is 2.31. The Kier molecular flexibility index (Phi) is 3.39.